The molecule has 0 N–H and O–H groups in total. The first kappa shape index (κ1) is 33.1. The summed E-state index contributed by atoms with van der Waals surface area (Å²) in [4.78, 5) is 13.8. The largest absolute Gasteiger partial charge is 0.498 e. The van der Waals surface area contributed by atoms with E-state index in [2.05, 4.69) is 100 Å². The first-order chi connectivity index (χ1) is 26.4. The number of aromatic nitrogens is 3. The molecule has 4 heterocycles. The zero-order chi connectivity index (χ0) is 40.2. The molecule has 53 heavy (non-hydrogen) atoms. The Morgan fingerprint density at radius 1 is 0.868 bits per heavy atom. The maximum absolute atomic E-state index is 8.94. The Balaban J connectivity index is 0.000000244. The number of hydrogen-bond acceptors (Lipinski definition) is 5. The summed E-state index contributed by atoms with van der Waals surface area (Å²) in [5, 5.41) is 1.84. The van der Waals surface area contributed by atoms with E-state index in [9.17, 15) is 0 Å². The summed E-state index contributed by atoms with van der Waals surface area (Å²) in [6.07, 6.45) is 4.89. The number of furan rings is 1. The molecule has 0 amide bonds. The molecule has 0 aliphatic heterocycles. The number of nitrogens with zero attached hydrogens (tertiary/aromatic N) is 3. The van der Waals surface area contributed by atoms with E-state index in [0.717, 1.165) is 72.3 Å². The van der Waals surface area contributed by atoms with E-state index in [1.165, 1.54) is 11.1 Å². The van der Waals surface area contributed by atoms with E-state index < -0.39 is 12.7 Å². The second-order valence-corrected chi connectivity index (χ2v) is 16.0. The Morgan fingerprint density at radius 3 is 2.28 bits per heavy atom. The van der Waals surface area contributed by atoms with Crippen molar-refractivity contribution in [1.29, 1.82) is 0 Å². The molecule has 0 spiro atoms. The Morgan fingerprint density at radius 2 is 1.62 bits per heavy atom. The van der Waals surface area contributed by atoms with Gasteiger partial charge in [-0.1, -0.05) is 95.0 Å². The van der Waals surface area contributed by atoms with Crippen molar-refractivity contribution in [1.82, 2.24) is 15.0 Å². The smallest absolute Gasteiger partial charge is 0.148 e. The van der Waals surface area contributed by atoms with E-state index in [-0.39, 0.29) is 25.1 Å². The molecule has 0 aliphatic carbocycles. The van der Waals surface area contributed by atoms with Gasteiger partial charge in [0, 0.05) is 48.9 Å². The van der Waals surface area contributed by atoms with Crippen molar-refractivity contribution in [3.63, 3.8) is 0 Å². The van der Waals surface area contributed by atoms with Crippen molar-refractivity contribution in [2.75, 3.05) is 0 Å². The van der Waals surface area contributed by atoms with Crippen LogP contribution in [0.5, 0.6) is 0 Å². The number of hydrogen-bond donors (Lipinski definition) is 0. The third-order valence-electron chi connectivity index (χ3n) is 9.21. The topological polar surface area (TPSA) is 51.8 Å². The number of thiazole rings is 1. The van der Waals surface area contributed by atoms with E-state index in [4.69, 9.17) is 14.9 Å². The molecular formula is C47H45IrN3OS-2. The third-order valence-corrected chi connectivity index (χ3v) is 10.0. The molecule has 0 atom stereocenters. The van der Waals surface area contributed by atoms with Gasteiger partial charge in [0.05, 0.1) is 15.3 Å². The van der Waals surface area contributed by atoms with Crippen molar-refractivity contribution in [3.05, 3.63) is 136 Å². The summed E-state index contributed by atoms with van der Waals surface area (Å²) in [5.74, 6) is -0.873. The number of pyridine rings is 2. The van der Waals surface area contributed by atoms with Gasteiger partial charge in [0.15, 0.2) is 0 Å². The molecule has 8 aromatic rings. The molecule has 4 nitrogen and oxygen atoms in total. The molecule has 4 aromatic carbocycles. The van der Waals surface area contributed by atoms with Crippen molar-refractivity contribution < 1.29 is 30.0 Å². The summed E-state index contributed by atoms with van der Waals surface area (Å²) in [7, 11) is 0. The SMILES string of the molecule is Cc1c[c-]c(-c2ccc(CC(C)(C)C)cn2)cc1.[2H]C([2H])([2H])c1nc2c(ccc3c4cc[c-]c(-c5cc(C([2H])(C)C)c(-c6c(C)cccc6C)cn5)c4oc32)s1.[Ir]. The molecule has 0 unspecified atom stereocenters. The van der Waals surface area contributed by atoms with Crippen LogP contribution in [-0.2, 0) is 26.5 Å². The van der Waals surface area contributed by atoms with Gasteiger partial charge < -0.3 is 14.4 Å². The molecule has 0 saturated heterocycles. The molecule has 0 saturated carbocycles. The summed E-state index contributed by atoms with van der Waals surface area (Å²) in [6, 6.07) is 32.8. The predicted octanol–water partition coefficient (Wildman–Crippen LogP) is 13.2. The molecule has 6 heteroatoms. The van der Waals surface area contributed by atoms with Gasteiger partial charge in [0.2, 0.25) is 0 Å². The molecular weight excluding hydrogens is 847 g/mol. The quantitative estimate of drug-likeness (QED) is 0.162. The van der Waals surface area contributed by atoms with Crippen LogP contribution >= 0.6 is 11.3 Å². The number of fused-ring (bicyclic) bond motifs is 5. The molecule has 4 aromatic heterocycles. The van der Waals surface area contributed by atoms with Gasteiger partial charge in [-0.2, -0.15) is 0 Å². The summed E-state index contributed by atoms with van der Waals surface area (Å²) < 4.78 is 39.4. The first-order valence-electron chi connectivity index (χ1n) is 19.6. The first-order valence-corrected chi connectivity index (χ1v) is 18.4. The minimum Gasteiger partial charge on any atom is -0.498 e. The Labute approximate surface area is 336 Å². The normalized spacial score (nSPS) is 13.1. The van der Waals surface area contributed by atoms with Gasteiger partial charge in [-0.15, -0.1) is 64.9 Å². The molecule has 0 fully saturated rings. The molecule has 8 rings (SSSR count). The van der Waals surface area contributed by atoms with Crippen LogP contribution in [0, 0.1) is 45.2 Å². The number of aryl methyl sites for hydroxylation is 4. The molecule has 1 radical (unpaired) electrons. The van der Waals surface area contributed by atoms with E-state index in [1.807, 2.05) is 68.7 Å². The Kier molecular flexibility index (Phi) is 9.67. The molecule has 271 valence electrons. The average molecular weight is 896 g/mol. The molecule has 0 aliphatic rings. The third kappa shape index (κ3) is 8.06. The van der Waals surface area contributed by atoms with Gasteiger partial charge in [-0.25, -0.2) is 4.98 Å². The summed E-state index contributed by atoms with van der Waals surface area (Å²) >= 11 is 1.16. The van der Waals surface area contributed by atoms with Gasteiger partial charge in [0.1, 0.15) is 11.1 Å². The van der Waals surface area contributed by atoms with Crippen LogP contribution in [0.3, 0.4) is 0 Å². The van der Waals surface area contributed by atoms with Crippen molar-refractivity contribution in [3.8, 4) is 33.6 Å². The fourth-order valence-electron chi connectivity index (χ4n) is 6.79. The van der Waals surface area contributed by atoms with Crippen LogP contribution in [0.15, 0.2) is 95.7 Å². The molecule has 0 bridgehead atoms. The summed E-state index contributed by atoms with van der Waals surface area (Å²) in [6.45, 7) is 14.5. The fraction of sp³-hybridized carbons (Fsp3) is 0.255. The van der Waals surface area contributed by atoms with Crippen molar-refractivity contribution in [2.24, 2.45) is 5.41 Å². The van der Waals surface area contributed by atoms with Gasteiger partial charge in [-0.3, -0.25) is 0 Å². The zero-order valence-corrected chi connectivity index (χ0v) is 34.6. The monoisotopic (exact) mass is 896 g/mol. The van der Waals surface area contributed by atoms with E-state index >= 15 is 0 Å². The van der Waals surface area contributed by atoms with Crippen LogP contribution in [-0.4, -0.2) is 15.0 Å². The number of rotatable bonds is 5. The minimum atomic E-state index is -2.28. The van der Waals surface area contributed by atoms with Gasteiger partial charge >= 0.3 is 0 Å². The van der Waals surface area contributed by atoms with Crippen LogP contribution in [0.4, 0.5) is 0 Å². The number of benzene rings is 4. The van der Waals surface area contributed by atoms with Crippen molar-refractivity contribution >= 4 is 43.5 Å². The predicted molar refractivity (Wildman–Crippen MR) is 219 cm³/mol. The average Bonchev–Trinajstić information content (AvgIpc) is 3.74. The fourth-order valence-corrected chi connectivity index (χ4v) is 7.50. The minimum absolute atomic E-state index is 0. The Bertz CT molecular complexity index is 2680. The zero-order valence-electron chi connectivity index (χ0n) is 35.4. The second-order valence-electron chi connectivity index (χ2n) is 15.0. The van der Waals surface area contributed by atoms with Crippen molar-refractivity contribution in [2.45, 2.75) is 74.6 Å². The van der Waals surface area contributed by atoms with Gasteiger partial charge in [-0.05, 0) is 83.7 Å². The Hall–Kier alpha value is -4.48. The van der Waals surface area contributed by atoms with E-state index in [1.54, 1.807) is 0 Å². The maximum Gasteiger partial charge on any atom is 0.148 e. The maximum atomic E-state index is 8.94. The standard InChI is InChI=1S/C30H25N2OS.C17H20N.Ir/c1-16(2)23-14-25(31-15-24(23)27-17(3)8-6-9-18(27)4)22-11-7-10-20-21-12-13-26-28(32-19(5)34-26)30(21)33-29(20)22;1-13-5-8-15(9-6-13)16-10-7-14(12-18-16)11-17(2,3)4;/h6-10,12-16H,1-5H3;5-8,10,12H,11H2,1-4H3;/q2*-1;/i5D3,16D;;. The van der Waals surface area contributed by atoms with Crippen LogP contribution in [0.1, 0.15) is 78.8 Å². The van der Waals surface area contributed by atoms with Crippen LogP contribution in [0.25, 0.3) is 65.8 Å². The summed E-state index contributed by atoms with van der Waals surface area (Å²) in [5.41, 5.74) is 13.1. The van der Waals surface area contributed by atoms with Gasteiger partial charge in [0.25, 0.3) is 0 Å². The van der Waals surface area contributed by atoms with Crippen LogP contribution in [0.2, 0.25) is 0 Å². The van der Waals surface area contributed by atoms with Crippen LogP contribution < -0.4 is 0 Å². The second kappa shape index (κ2) is 15.5. The van der Waals surface area contributed by atoms with E-state index in [0.29, 0.717) is 33.4 Å².